The molecule has 0 aliphatic carbocycles. The minimum atomic E-state index is -2.50. The molecule has 6 heteroatoms. The van der Waals surface area contributed by atoms with Crippen molar-refractivity contribution in [3.8, 4) is 0 Å². The quantitative estimate of drug-likeness (QED) is 0.774. The van der Waals surface area contributed by atoms with Crippen LogP contribution in [0.1, 0.15) is 13.8 Å². The van der Waals surface area contributed by atoms with E-state index >= 15 is 0 Å². The first-order chi connectivity index (χ1) is 9.85. The van der Waals surface area contributed by atoms with Gasteiger partial charge in [0.1, 0.15) is 0 Å². The van der Waals surface area contributed by atoms with Crippen LogP contribution in [0.3, 0.4) is 0 Å². The number of alkyl halides is 2. The van der Waals surface area contributed by atoms with Gasteiger partial charge in [-0.2, -0.15) is 0 Å². The summed E-state index contributed by atoms with van der Waals surface area (Å²) in [7, 11) is 0. The summed E-state index contributed by atoms with van der Waals surface area (Å²) in [6.07, 6.45) is -2.50. The molecule has 0 spiro atoms. The number of rotatable bonds is 8. The van der Waals surface area contributed by atoms with E-state index in [0.29, 0.717) is 5.69 Å². The summed E-state index contributed by atoms with van der Waals surface area (Å²) in [5.41, 5.74) is -0.182. The maximum absolute atomic E-state index is 12.5. The summed E-state index contributed by atoms with van der Waals surface area (Å²) in [5.74, 6) is -0.245. The number of aliphatic hydroxyl groups excluding tert-OH is 1. The van der Waals surface area contributed by atoms with E-state index in [2.05, 4.69) is 5.32 Å². The van der Waals surface area contributed by atoms with Gasteiger partial charge in [0.25, 0.3) is 6.43 Å². The van der Waals surface area contributed by atoms with Gasteiger partial charge in [0.05, 0.1) is 18.6 Å². The van der Waals surface area contributed by atoms with Crippen molar-refractivity contribution in [2.75, 3.05) is 31.6 Å². The number of carbonyl (C=O) groups is 1. The van der Waals surface area contributed by atoms with Crippen LogP contribution in [0.5, 0.6) is 0 Å². The summed E-state index contributed by atoms with van der Waals surface area (Å²) in [6.45, 7) is 2.98. The molecule has 0 heterocycles. The van der Waals surface area contributed by atoms with Crippen molar-refractivity contribution in [1.29, 1.82) is 0 Å². The number of nitrogens with one attached hydrogen (secondary N) is 1. The molecular weight excluding hydrogens is 278 g/mol. The summed E-state index contributed by atoms with van der Waals surface area (Å²) in [5, 5.41) is 11.7. The molecule has 0 saturated heterocycles. The number of aliphatic hydroxyl groups is 1. The van der Waals surface area contributed by atoms with Gasteiger partial charge in [0, 0.05) is 18.8 Å². The number of anilines is 1. The third-order valence-electron chi connectivity index (χ3n) is 3.08. The van der Waals surface area contributed by atoms with E-state index in [-0.39, 0.29) is 25.6 Å². The first-order valence-electron chi connectivity index (χ1n) is 6.83. The Bertz CT molecular complexity index is 439. The van der Waals surface area contributed by atoms with Gasteiger partial charge in [-0.3, -0.25) is 9.69 Å². The van der Waals surface area contributed by atoms with Gasteiger partial charge in [-0.05, 0) is 26.0 Å². The van der Waals surface area contributed by atoms with E-state index in [0.717, 1.165) is 0 Å². The predicted octanol–water partition coefficient (Wildman–Crippen LogP) is 2.21. The highest BCUT2D eigenvalue weighted by Crippen LogP contribution is 2.20. The molecule has 1 rings (SSSR count). The largest absolute Gasteiger partial charge is 0.395 e. The second-order valence-corrected chi connectivity index (χ2v) is 5.55. The topological polar surface area (TPSA) is 52.6 Å². The van der Waals surface area contributed by atoms with Crippen molar-refractivity contribution in [3.63, 3.8) is 0 Å². The average molecular weight is 300 g/mol. The lowest BCUT2D eigenvalue weighted by Gasteiger charge is -2.31. The van der Waals surface area contributed by atoms with Crippen LogP contribution in [-0.4, -0.2) is 48.6 Å². The summed E-state index contributed by atoms with van der Waals surface area (Å²) in [4.78, 5) is 13.7. The molecule has 0 saturated carbocycles. The number of benzene rings is 1. The van der Waals surface area contributed by atoms with Crippen molar-refractivity contribution >= 4 is 11.6 Å². The molecule has 1 aromatic rings. The van der Waals surface area contributed by atoms with Crippen LogP contribution >= 0.6 is 0 Å². The number of hydrogen-bond donors (Lipinski definition) is 2. The number of carbonyl (C=O) groups excluding carboxylic acids is 1. The van der Waals surface area contributed by atoms with E-state index in [1.165, 1.54) is 4.90 Å². The number of amides is 1. The molecular formula is C15H22F2N2O2. The van der Waals surface area contributed by atoms with Crippen LogP contribution in [0, 0.1) is 5.41 Å². The van der Waals surface area contributed by atoms with Crippen LogP contribution in [0.2, 0.25) is 0 Å². The molecule has 4 nitrogen and oxygen atoms in total. The van der Waals surface area contributed by atoms with Crippen molar-refractivity contribution in [2.45, 2.75) is 20.3 Å². The van der Waals surface area contributed by atoms with Crippen LogP contribution in [-0.2, 0) is 4.79 Å². The summed E-state index contributed by atoms with van der Waals surface area (Å²) < 4.78 is 25.0. The SMILES string of the molecule is CC(C)(CN(CCO)CC(F)F)C(=O)Nc1ccccc1. The normalized spacial score (nSPS) is 12.0. The number of nitrogens with zero attached hydrogens (tertiary/aromatic N) is 1. The molecule has 1 aromatic carbocycles. The maximum Gasteiger partial charge on any atom is 0.251 e. The molecule has 0 fully saturated rings. The minimum absolute atomic E-state index is 0.117. The van der Waals surface area contributed by atoms with Crippen molar-refractivity contribution in [2.24, 2.45) is 5.41 Å². The fraction of sp³-hybridized carbons (Fsp3) is 0.533. The number of halogens is 2. The fourth-order valence-corrected chi connectivity index (χ4v) is 2.02. The lowest BCUT2D eigenvalue weighted by molar-refractivity contribution is -0.125. The Labute approximate surface area is 123 Å². The minimum Gasteiger partial charge on any atom is -0.395 e. The smallest absolute Gasteiger partial charge is 0.251 e. The third-order valence-corrected chi connectivity index (χ3v) is 3.08. The highest BCUT2D eigenvalue weighted by Gasteiger charge is 2.31. The van der Waals surface area contributed by atoms with Gasteiger partial charge in [-0.1, -0.05) is 18.2 Å². The van der Waals surface area contributed by atoms with E-state index in [1.54, 1.807) is 38.1 Å². The highest BCUT2D eigenvalue weighted by atomic mass is 19.3. The zero-order valence-corrected chi connectivity index (χ0v) is 12.4. The fourth-order valence-electron chi connectivity index (χ4n) is 2.02. The first-order valence-corrected chi connectivity index (χ1v) is 6.83. The number of hydrogen-bond acceptors (Lipinski definition) is 3. The van der Waals surface area contributed by atoms with Crippen LogP contribution in [0.4, 0.5) is 14.5 Å². The summed E-state index contributed by atoms with van der Waals surface area (Å²) in [6, 6.07) is 8.97. The Hall–Kier alpha value is -1.53. The molecule has 0 aromatic heterocycles. The highest BCUT2D eigenvalue weighted by molar-refractivity contribution is 5.94. The molecule has 0 bridgehead atoms. The molecule has 0 unspecified atom stereocenters. The van der Waals surface area contributed by atoms with Gasteiger partial charge in [-0.15, -0.1) is 0 Å². The molecule has 1 amide bonds. The zero-order chi connectivity index (χ0) is 15.9. The lowest BCUT2D eigenvalue weighted by Crippen LogP contribution is -2.44. The molecule has 0 atom stereocenters. The Kier molecular flexibility index (Phi) is 6.71. The van der Waals surface area contributed by atoms with Crippen molar-refractivity contribution in [1.82, 2.24) is 4.90 Å². The Balaban J connectivity index is 2.66. The molecule has 0 radical (unpaired) electrons. The van der Waals surface area contributed by atoms with Gasteiger partial charge in [-0.25, -0.2) is 8.78 Å². The Morgan fingerprint density at radius 1 is 1.33 bits per heavy atom. The van der Waals surface area contributed by atoms with Crippen molar-refractivity contribution in [3.05, 3.63) is 30.3 Å². The van der Waals surface area contributed by atoms with Gasteiger partial charge >= 0.3 is 0 Å². The second kappa shape index (κ2) is 8.05. The molecule has 118 valence electrons. The van der Waals surface area contributed by atoms with Crippen LogP contribution in [0.15, 0.2) is 30.3 Å². The Morgan fingerprint density at radius 2 is 1.95 bits per heavy atom. The predicted molar refractivity (Wildman–Crippen MR) is 78.4 cm³/mol. The van der Waals surface area contributed by atoms with Crippen molar-refractivity contribution < 1.29 is 18.7 Å². The lowest BCUT2D eigenvalue weighted by atomic mass is 9.91. The molecule has 21 heavy (non-hydrogen) atoms. The van der Waals surface area contributed by atoms with Gasteiger partial charge in [0.2, 0.25) is 5.91 Å². The van der Waals surface area contributed by atoms with Gasteiger partial charge < -0.3 is 10.4 Å². The average Bonchev–Trinajstić information content (AvgIpc) is 2.38. The third kappa shape index (κ3) is 6.18. The molecule has 0 aliphatic heterocycles. The van der Waals surface area contributed by atoms with E-state index in [4.69, 9.17) is 5.11 Å². The second-order valence-electron chi connectivity index (χ2n) is 5.55. The van der Waals surface area contributed by atoms with E-state index < -0.39 is 18.4 Å². The Morgan fingerprint density at radius 3 is 2.48 bits per heavy atom. The van der Waals surface area contributed by atoms with Crippen LogP contribution < -0.4 is 5.32 Å². The first kappa shape index (κ1) is 17.5. The van der Waals surface area contributed by atoms with E-state index in [1.807, 2.05) is 6.07 Å². The number of para-hydroxylation sites is 1. The monoisotopic (exact) mass is 300 g/mol. The maximum atomic E-state index is 12.5. The summed E-state index contributed by atoms with van der Waals surface area (Å²) >= 11 is 0. The molecule has 2 N–H and O–H groups in total. The van der Waals surface area contributed by atoms with E-state index in [9.17, 15) is 13.6 Å². The molecule has 0 aliphatic rings. The van der Waals surface area contributed by atoms with Crippen LogP contribution in [0.25, 0.3) is 0 Å². The standard InChI is InChI=1S/C15H22F2N2O2/c1-15(2,11-19(8-9-20)10-13(16)17)14(21)18-12-6-4-3-5-7-12/h3-7,13,20H,8-11H2,1-2H3,(H,18,21). The van der Waals surface area contributed by atoms with Gasteiger partial charge in [0.15, 0.2) is 0 Å². The zero-order valence-electron chi connectivity index (χ0n) is 12.4.